The molecule has 0 aliphatic rings. The fraction of sp³-hybridized carbons (Fsp3) is 0.300. The van der Waals surface area contributed by atoms with E-state index in [1.54, 1.807) is 38.1 Å². The molecule has 0 aromatic heterocycles. The van der Waals surface area contributed by atoms with Gasteiger partial charge in [0.25, 0.3) is 10.2 Å². The monoisotopic (exact) mass is 256 g/mol. The lowest BCUT2D eigenvalue weighted by Gasteiger charge is -2.13. The highest BCUT2D eigenvalue weighted by molar-refractivity contribution is 7.90. The van der Waals surface area contributed by atoms with Crippen molar-refractivity contribution in [3.8, 4) is 0 Å². The molecule has 6 nitrogen and oxygen atoms in total. The molecular weight excluding hydrogens is 240 g/mol. The van der Waals surface area contributed by atoms with E-state index in [-0.39, 0.29) is 17.6 Å². The second-order valence-corrected chi connectivity index (χ2v) is 5.28. The lowest BCUT2D eigenvalue weighted by atomic mass is 10.2. The highest BCUT2D eigenvalue weighted by atomic mass is 32.2. The Balaban J connectivity index is 3.00. The van der Waals surface area contributed by atoms with Crippen LogP contribution in [0, 0.1) is 5.41 Å². The number of para-hydroxylation sites is 1. The molecule has 0 heterocycles. The van der Waals surface area contributed by atoms with Crippen molar-refractivity contribution in [2.24, 2.45) is 5.73 Å². The summed E-state index contributed by atoms with van der Waals surface area (Å²) in [5.41, 5.74) is 6.00. The summed E-state index contributed by atoms with van der Waals surface area (Å²) in [6, 6.07) is 6.27. The molecule has 94 valence electrons. The molecule has 17 heavy (non-hydrogen) atoms. The predicted molar refractivity (Wildman–Crippen MR) is 68.3 cm³/mol. The van der Waals surface area contributed by atoms with Crippen LogP contribution in [0.15, 0.2) is 24.3 Å². The van der Waals surface area contributed by atoms with Crippen molar-refractivity contribution in [3.05, 3.63) is 29.8 Å². The fourth-order valence-corrected chi connectivity index (χ4v) is 2.44. The van der Waals surface area contributed by atoms with Gasteiger partial charge in [-0.25, -0.2) is 0 Å². The molecule has 1 aromatic rings. The zero-order chi connectivity index (χ0) is 13.1. The zero-order valence-electron chi connectivity index (χ0n) is 9.69. The molecule has 0 radical (unpaired) electrons. The van der Waals surface area contributed by atoms with Gasteiger partial charge in [0, 0.05) is 11.6 Å². The number of anilines is 1. The van der Waals surface area contributed by atoms with E-state index in [1.165, 1.54) is 0 Å². The Morgan fingerprint density at radius 1 is 1.35 bits per heavy atom. The average Bonchev–Trinajstić information content (AvgIpc) is 2.14. The molecule has 0 atom stereocenters. The fourth-order valence-electron chi connectivity index (χ4n) is 1.29. The van der Waals surface area contributed by atoms with Gasteiger partial charge in [-0.1, -0.05) is 12.1 Å². The van der Waals surface area contributed by atoms with Crippen molar-refractivity contribution in [1.29, 1.82) is 5.41 Å². The van der Waals surface area contributed by atoms with E-state index < -0.39 is 10.2 Å². The van der Waals surface area contributed by atoms with Crippen LogP contribution >= 0.6 is 0 Å². The maximum absolute atomic E-state index is 11.7. The van der Waals surface area contributed by atoms with Gasteiger partial charge in [0.05, 0.1) is 5.69 Å². The minimum Gasteiger partial charge on any atom is -0.384 e. The standard InChI is InChI=1S/C10H16N4O2S/c1-7(2)13-17(15,16)14-9-6-4-3-5-8(9)10(11)12/h3-7,13-14H,1-2H3,(H3,11,12). The van der Waals surface area contributed by atoms with Gasteiger partial charge < -0.3 is 5.73 Å². The first-order valence-electron chi connectivity index (χ1n) is 5.05. The highest BCUT2D eigenvalue weighted by Crippen LogP contribution is 2.15. The minimum atomic E-state index is -3.64. The largest absolute Gasteiger partial charge is 0.384 e. The number of hydrogen-bond donors (Lipinski definition) is 4. The normalized spacial score (nSPS) is 11.5. The van der Waals surface area contributed by atoms with Crippen LogP contribution in [0.25, 0.3) is 0 Å². The van der Waals surface area contributed by atoms with Crippen molar-refractivity contribution < 1.29 is 8.42 Å². The third kappa shape index (κ3) is 4.04. The lowest BCUT2D eigenvalue weighted by molar-refractivity contribution is 0.575. The summed E-state index contributed by atoms with van der Waals surface area (Å²) in [4.78, 5) is 0. The molecule has 0 aliphatic heterocycles. The molecule has 0 saturated heterocycles. The zero-order valence-corrected chi connectivity index (χ0v) is 10.5. The van der Waals surface area contributed by atoms with Gasteiger partial charge >= 0.3 is 0 Å². The van der Waals surface area contributed by atoms with E-state index in [2.05, 4.69) is 9.44 Å². The Kier molecular flexibility index (Phi) is 4.08. The average molecular weight is 256 g/mol. The van der Waals surface area contributed by atoms with Gasteiger partial charge in [-0.2, -0.15) is 13.1 Å². The van der Waals surface area contributed by atoms with Crippen molar-refractivity contribution >= 4 is 21.7 Å². The molecule has 5 N–H and O–H groups in total. The van der Waals surface area contributed by atoms with Gasteiger partial charge in [0.2, 0.25) is 0 Å². The molecule has 0 spiro atoms. The predicted octanol–water partition coefficient (Wildman–Crippen LogP) is 0.625. The van der Waals surface area contributed by atoms with E-state index in [0.717, 1.165) is 0 Å². The van der Waals surface area contributed by atoms with Crippen LogP contribution in [0.5, 0.6) is 0 Å². The summed E-state index contributed by atoms with van der Waals surface area (Å²) in [7, 11) is -3.64. The molecule has 0 saturated carbocycles. The van der Waals surface area contributed by atoms with E-state index >= 15 is 0 Å². The summed E-state index contributed by atoms with van der Waals surface area (Å²) in [6.07, 6.45) is 0. The number of nitrogens with two attached hydrogens (primary N) is 1. The topological polar surface area (TPSA) is 108 Å². The number of hydrogen-bond acceptors (Lipinski definition) is 3. The van der Waals surface area contributed by atoms with Crippen molar-refractivity contribution in [1.82, 2.24) is 4.72 Å². The van der Waals surface area contributed by atoms with E-state index in [1.807, 2.05) is 0 Å². The van der Waals surface area contributed by atoms with Crippen molar-refractivity contribution in [2.75, 3.05) is 4.72 Å². The van der Waals surface area contributed by atoms with Crippen LogP contribution in [-0.4, -0.2) is 20.3 Å². The highest BCUT2D eigenvalue weighted by Gasteiger charge is 2.14. The smallest absolute Gasteiger partial charge is 0.299 e. The van der Waals surface area contributed by atoms with Crippen LogP contribution in [0.3, 0.4) is 0 Å². The van der Waals surface area contributed by atoms with Gasteiger partial charge in [-0.15, -0.1) is 0 Å². The van der Waals surface area contributed by atoms with Crippen LogP contribution < -0.4 is 15.2 Å². The minimum absolute atomic E-state index is 0.187. The molecule has 7 heteroatoms. The molecule has 0 amide bonds. The Morgan fingerprint density at radius 3 is 2.47 bits per heavy atom. The quantitative estimate of drug-likeness (QED) is 0.458. The van der Waals surface area contributed by atoms with Gasteiger partial charge in [0.1, 0.15) is 5.84 Å². The van der Waals surface area contributed by atoms with Crippen LogP contribution in [0.2, 0.25) is 0 Å². The van der Waals surface area contributed by atoms with E-state index in [9.17, 15) is 8.42 Å². The van der Waals surface area contributed by atoms with Gasteiger partial charge in [0.15, 0.2) is 0 Å². The van der Waals surface area contributed by atoms with Crippen LogP contribution in [0.4, 0.5) is 5.69 Å². The summed E-state index contributed by atoms with van der Waals surface area (Å²) < 4.78 is 28.0. The summed E-state index contributed by atoms with van der Waals surface area (Å²) in [5, 5.41) is 7.35. The molecule has 0 aliphatic carbocycles. The SMILES string of the molecule is CC(C)NS(=O)(=O)Nc1ccccc1C(=N)N. The molecule has 0 fully saturated rings. The third-order valence-corrected chi connectivity index (χ3v) is 3.12. The number of nitrogens with one attached hydrogen (secondary N) is 3. The van der Waals surface area contributed by atoms with Gasteiger partial charge in [-0.05, 0) is 26.0 Å². The first-order chi connectivity index (χ1) is 7.82. The summed E-state index contributed by atoms with van der Waals surface area (Å²) >= 11 is 0. The molecule has 0 bridgehead atoms. The number of amidine groups is 1. The molecule has 1 aromatic carbocycles. The number of nitrogen functional groups attached to an aromatic ring is 1. The molecule has 1 rings (SSSR count). The lowest BCUT2D eigenvalue weighted by Crippen LogP contribution is -2.35. The van der Waals surface area contributed by atoms with E-state index in [0.29, 0.717) is 5.56 Å². The summed E-state index contributed by atoms with van der Waals surface area (Å²) in [6.45, 7) is 3.44. The first kappa shape index (κ1) is 13.5. The second-order valence-electron chi connectivity index (χ2n) is 3.84. The third-order valence-electron chi connectivity index (χ3n) is 1.85. The maximum Gasteiger partial charge on any atom is 0.299 e. The second kappa shape index (κ2) is 5.15. The van der Waals surface area contributed by atoms with E-state index in [4.69, 9.17) is 11.1 Å². The Bertz CT molecular complexity index is 511. The Labute approximate surface area is 101 Å². The van der Waals surface area contributed by atoms with Crippen molar-refractivity contribution in [2.45, 2.75) is 19.9 Å². The van der Waals surface area contributed by atoms with Crippen LogP contribution in [-0.2, 0) is 10.2 Å². The molecule has 0 unspecified atom stereocenters. The number of rotatable bonds is 5. The summed E-state index contributed by atoms with van der Waals surface area (Å²) in [5.74, 6) is -0.187. The Hall–Kier alpha value is -1.60. The first-order valence-corrected chi connectivity index (χ1v) is 6.53. The van der Waals surface area contributed by atoms with Crippen molar-refractivity contribution in [3.63, 3.8) is 0 Å². The number of benzene rings is 1. The molecular formula is C10H16N4O2S. The van der Waals surface area contributed by atoms with Gasteiger partial charge in [-0.3, -0.25) is 10.1 Å². The Morgan fingerprint density at radius 2 is 1.94 bits per heavy atom. The maximum atomic E-state index is 11.7. The van der Waals surface area contributed by atoms with Crippen LogP contribution in [0.1, 0.15) is 19.4 Å².